The van der Waals surface area contributed by atoms with Crippen LogP contribution in [0.25, 0.3) is 11.0 Å². The maximum atomic E-state index is 10.2. The predicted octanol–water partition coefficient (Wildman–Crippen LogP) is 2.60. The van der Waals surface area contributed by atoms with Crippen molar-refractivity contribution in [2.45, 2.75) is 12.8 Å². The summed E-state index contributed by atoms with van der Waals surface area (Å²) in [5, 5.41) is 10.8. The highest BCUT2D eigenvalue weighted by Crippen LogP contribution is 2.23. The molecule has 1 aromatic carbocycles. The molecule has 1 atom stereocenters. The van der Waals surface area contributed by atoms with E-state index >= 15 is 0 Å². The molecule has 3 heterocycles. The number of aliphatic hydroxyl groups excluding tert-OH is 1. The van der Waals surface area contributed by atoms with Crippen LogP contribution in [0.3, 0.4) is 0 Å². The molecule has 2 aliphatic rings. The standard InChI is InChI=1S/C16H13ClN4O/c17-11-5-6-15-19-12(7-16(22)21(15)8-11)9-20-10-18-13-3-1-2-4-14(13)20/h1-8,10,16,22H,9H2. The summed E-state index contributed by atoms with van der Waals surface area (Å²) in [7, 11) is 0. The SMILES string of the molecule is OC1C=C(Cn2cnc3ccccc32)N=C2C=CC(Cl)=CN21. The highest BCUT2D eigenvalue weighted by atomic mass is 35.5. The van der Waals surface area contributed by atoms with Crippen molar-refractivity contribution in [2.24, 2.45) is 4.99 Å². The van der Waals surface area contributed by atoms with Gasteiger partial charge in [-0.1, -0.05) is 23.7 Å². The van der Waals surface area contributed by atoms with Crippen molar-refractivity contribution < 1.29 is 5.11 Å². The zero-order chi connectivity index (χ0) is 15.1. The molecule has 1 aromatic heterocycles. The maximum Gasteiger partial charge on any atom is 0.153 e. The second kappa shape index (κ2) is 5.12. The lowest BCUT2D eigenvalue weighted by Gasteiger charge is -2.30. The van der Waals surface area contributed by atoms with Crippen molar-refractivity contribution in [3.63, 3.8) is 0 Å². The Hall–Kier alpha value is -2.37. The molecule has 1 N–H and O–H groups in total. The van der Waals surface area contributed by atoms with Crippen LogP contribution >= 0.6 is 11.6 Å². The fourth-order valence-electron chi connectivity index (χ4n) is 2.62. The normalized spacial score (nSPS) is 20.5. The van der Waals surface area contributed by atoms with E-state index in [1.165, 1.54) is 0 Å². The topological polar surface area (TPSA) is 53.6 Å². The lowest BCUT2D eigenvalue weighted by atomic mass is 10.2. The molecule has 6 heteroatoms. The van der Waals surface area contributed by atoms with E-state index in [1.54, 1.807) is 35.7 Å². The number of aliphatic hydroxyl groups is 1. The number of amidine groups is 1. The Bertz CT molecular complexity index is 862. The van der Waals surface area contributed by atoms with E-state index < -0.39 is 6.23 Å². The van der Waals surface area contributed by atoms with Gasteiger partial charge in [-0.3, -0.25) is 0 Å². The van der Waals surface area contributed by atoms with Gasteiger partial charge in [0.05, 0.1) is 34.6 Å². The number of nitrogens with zero attached hydrogens (tertiary/aromatic N) is 4. The number of halogens is 1. The van der Waals surface area contributed by atoms with Gasteiger partial charge in [0.1, 0.15) is 5.84 Å². The van der Waals surface area contributed by atoms with E-state index in [0.717, 1.165) is 16.7 Å². The number of hydrogen-bond donors (Lipinski definition) is 1. The van der Waals surface area contributed by atoms with Gasteiger partial charge in [0.25, 0.3) is 0 Å². The minimum atomic E-state index is -0.768. The van der Waals surface area contributed by atoms with Crippen molar-refractivity contribution in [2.75, 3.05) is 0 Å². The molecule has 1 unspecified atom stereocenters. The first kappa shape index (κ1) is 13.3. The smallest absolute Gasteiger partial charge is 0.153 e. The lowest BCUT2D eigenvalue weighted by molar-refractivity contribution is 0.124. The Labute approximate surface area is 132 Å². The summed E-state index contributed by atoms with van der Waals surface area (Å²) < 4.78 is 2.02. The van der Waals surface area contributed by atoms with Crippen LogP contribution in [0, 0.1) is 0 Å². The first-order valence-corrected chi connectivity index (χ1v) is 7.29. The Balaban J connectivity index is 1.66. The minimum Gasteiger partial charge on any atom is -0.369 e. The molecule has 0 saturated heterocycles. The fraction of sp³-hybridized carbons (Fsp3) is 0.125. The third kappa shape index (κ3) is 2.24. The number of hydrogen-bond acceptors (Lipinski definition) is 4. The zero-order valence-corrected chi connectivity index (χ0v) is 12.4. The quantitative estimate of drug-likeness (QED) is 0.927. The Morgan fingerprint density at radius 3 is 3.00 bits per heavy atom. The molecule has 0 saturated carbocycles. The van der Waals surface area contributed by atoms with E-state index in [9.17, 15) is 5.11 Å². The van der Waals surface area contributed by atoms with Gasteiger partial charge >= 0.3 is 0 Å². The molecule has 2 aliphatic heterocycles. The Morgan fingerprint density at radius 1 is 1.23 bits per heavy atom. The second-order valence-corrected chi connectivity index (χ2v) is 5.59. The van der Waals surface area contributed by atoms with Gasteiger partial charge in [0.15, 0.2) is 6.23 Å². The van der Waals surface area contributed by atoms with Crippen LogP contribution in [0.15, 0.2) is 70.7 Å². The molecule has 0 radical (unpaired) electrons. The number of imidazole rings is 1. The van der Waals surface area contributed by atoms with Crippen molar-refractivity contribution in [1.29, 1.82) is 0 Å². The molecule has 2 aromatic rings. The highest BCUT2D eigenvalue weighted by Gasteiger charge is 2.23. The lowest BCUT2D eigenvalue weighted by Crippen LogP contribution is -2.38. The van der Waals surface area contributed by atoms with Crippen molar-refractivity contribution in [3.8, 4) is 0 Å². The van der Waals surface area contributed by atoms with E-state index in [4.69, 9.17) is 11.6 Å². The summed E-state index contributed by atoms with van der Waals surface area (Å²) >= 11 is 5.95. The summed E-state index contributed by atoms with van der Waals surface area (Å²) in [4.78, 5) is 10.6. The van der Waals surface area contributed by atoms with Gasteiger partial charge in [0.2, 0.25) is 0 Å². The van der Waals surface area contributed by atoms with E-state index in [2.05, 4.69) is 9.98 Å². The van der Waals surface area contributed by atoms with E-state index in [0.29, 0.717) is 17.4 Å². The molecule has 4 rings (SSSR count). The number of aromatic nitrogens is 2. The Kier molecular flexibility index (Phi) is 3.10. The van der Waals surface area contributed by atoms with Gasteiger partial charge in [-0.15, -0.1) is 0 Å². The third-order valence-corrected chi connectivity index (χ3v) is 3.89. The van der Waals surface area contributed by atoms with Crippen LogP contribution in [0.2, 0.25) is 0 Å². The van der Waals surface area contributed by atoms with Gasteiger partial charge in [-0.25, -0.2) is 9.98 Å². The summed E-state index contributed by atoms with van der Waals surface area (Å²) in [6.45, 7) is 0.556. The maximum absolute atomic E-state index is 10.2. The monoisotopic (exact) mass is 312 g/mol. The van der Waals surface area contributed by atoms with Crippen molar-refractivity contribution in [3.05, 3.63) is 65.8 Å². The van der Waals surface area contributed by atoms with E-state index in [1.807, 2.05) is 28.8 Å². The van der Waals surface area contributed by atoms with Crippen LogP contribution in [0.5, 0.6) is 0 Å². The summed E-state index contributed by atoms with van der Waals surface area (Å²) in [6, 6.07) is 7.93. The van der Waals surface area contributed by atoms with Crippen LogP contribution in [0.4, 0.5) is 0 Å². The molecular weight excluding hydrogens is 300 g/mol. The number of rotatable bonds is 2. The molecule has 22 heavy (non-hydrogen) atoms. The summed E-state index contributed by atoms with van der Waals surface area (Å²) in [5.74, 6) is 0.679. The molecule has 0 fully saturated rings. The number of benzene rings is 1. The van der Waals surface area contributed by atoms with Crippen molar-refractivity contribution in [1.82, 2.24) is 14.5 Å². The highest BCUT2D eigenvalue weighted by molar-refractivity contribution is 6.32. The van der Waals surface area contributed by atoms with E-state index in [-0.39, 0.29) is 0 Å². The second-order valence-electron chi connectivity index (χ2n) is 5.16. The number of fused-ring (bicyclic) bond motifs is 2. The van der Waals surface area contributed by atoms with Crippen LogP contribution in [-0.2, 0) is 6.54 Å². The van der Waals surface area contributed by atoms with Crippen LogP contribution < -0.4 is 0 Å². The van der Waals surface area contributed by atoms with Crippen molar-refractivity contribution >= 4 is 28.5 Å². The first-order chi connectivity index (χ1) is 10.7. The molecule has 0 bridgehead atoms. The molecule has 110 valence electrons. The zero-order valence-electron chi connectivity index (χ0n) is 11.6. The van der Waals surface area contributed by atoms with Gasteiger partial charge in [-0.2, -0.15) is 0 Å². The summed E-state index contributed by atoms with van der Waals surface area (Å²) in [5.41, 5.74) is 2.78. The minimum absolute atomic E-state index is 0.556. The largest absolute Gasteiger partial charge is 0.369 e. The average molecular weight is 313 g/mol. The third-order valence-electron chi connectivity index (χ3n) is 3.66. The van der Waals surface area contributed by atoms with Crippen LogP contribution in [-0.4, -0.2) is 31.6 Å². The number of allylic oxidation sites excluding steroid dienone is 3. The van der Waals surface area contributed by atoms with Gasteiger partial charge < -0.3 is 14.6 Å². The molecule has 0 aliphatic carbocycles. The van der Waals surface area contributed by atoms with Gasteiger partial charge in [0, 0.05) is 6.20 Å². The van der Waals surface area contributed by atoms with Gasteiger partial charge in [-0.05, 0) is 30.4 Å². The molecule has 0 amide bonds. The average Bonchev–Trinajstić information content (AvgIpc) is 2.92. The Morgan fingerprint density at radius 2 is 2.09 bits per heavy atom. The molecule has 0 spiro atoms. The fourth-order valence-corrected chi connectivity index (χ4v) is 2.79. The molecular formula is C16H13ClN4O. The number of aliphatic imine (C=N–C) groups is 1. The first-order valence-electron chi connectivity index (χ1n) is 6.92. The predicted molar refractivity (Wildman–Crippen MR) is 86.2 cm³/mol. The van der Waals surface area contributed by atoms with Crippen LogP contribution in [0.1, 0.15) is 0 Å². The summed E-state index contributed by atoms with van der Waals surface area (Å²) in [6.07, 6.45) is 7.97. The molecule has 5 nitrogen and oxygen atoms in total. The number of para-hydroxylation sites is 2.